The number of thiazole rings is 1. The Labute approximate surface area is 67.7 Å². The lowest BCUT2D eigenvalue weighted by molar-refractivity contribution is -0.117. The quantitative estimate of drug-likeness (QED) is 0.640. The molecular formula is C5H6N2OS2. The normalized spacial score (nSPS) is 9.70. The fraction of sp³-hybridized carbons (Fsp3) is 0.200. The Kier molecular flexibility index (Phi) is 2.29. The Balaban J connectivity index is 2.67. The number of carbonyl (C=O) groups is 1. The highest BCUT2D eigenvalue weighted by Crippen LogP contribution is 2.12. The summed E-state index contributed by atoms with van der Waals surface area (Å²) in [4.78, 5) is 14.3. The minimum Gasteiger partial charge on any atom is -0.369 e. The number of aromatic nitrogens is 1. The van der Waals surface area contributed by atoms with Gasteiger partial charge in [0.2, 0.25) is 5.91 Å². The zero-order valence-electron chi connectivity index (χ0n) is 5.07. The molecule has 0 aliphatic heterocycles. The first kappa shape index (κ1) is 7.56. The summed E-state index contributed by atoms with van der Waals surface area (Å²) in [5.41, 5.74) is 5.63. The molecule has 3 nitrogen and oxygen atoms in total. The molecule has 0 spiro atoms. The summed E-state index contributed by atoms with van der Waals surface area (Å²) < 4.78 is 0.663. The first-order valence-corrected chi connectivity index (χ1v) is 3.93. The number of thiol groups is 1. The van der Waals surface area contributed by atoms with Crippen molar-refractivity contribution in [1.82, 2.24) is 4.98 Å². The van der Waals surface area contributed by atoms with Gasteiger partial charge in [-0.2, -0.15) is 0 Å². The van der Waals surface area contributed by atoms with Gasteiger partial charge in [0, 0.05) is 5.38 Å². The Morgan fingerprint density at radius 1 is 1.90 bits per heavy atom. The van der Waals surface area contributed by atoms with Gasteiger partial charge in [-0.3, -0.25) is 4.79 Å². The highest BCUT2D eigenvalue weighted by atomic mass is 32.2. The van der Waals surface area contributed by atoms with Crippen molar-refractivity contribution in [3.8, 4) is 0 Å². The number of amides is 1. The molecule has 0 saturated heterocycles. The Bertz CT molecular complexity index is 246. The predicted molar refractivity (Wildman–Crippen MR) is 42.3 cm³/mol. The van der Waals surface area contributed by atoms with Crippen molar-refractivity contribution in [2.45, 2.75) is 10.8 Å². The van der Waals surface area contributed by atoms with Crippen LogP contribution in [-0.4, -0.2) is 10.9 Å². The van der Waals surface area contributed by atoms with E-state index in [4.69, 9.17) is 5.73 Å². The topological polar surface area (TPSA) is 56.0 Å². The summed E-state index contributed by atoms with van der Waals surface area (Å²) >= 11 is 5.37. The van der Waals surface area contributed by atoms with E-state index in [2.05, 4.69) is 17.6 Å². The van der Waals surface area contributed by atoms with Crippen molar-refractivity contribution in [1.29, 1.82) is 0 Å². The Morgan fingerprint density at radius 2 is 2.60 bits per heavy atom. The molecule has 0 aliphatic rings. The van der Waals surface area contributed by atoms with Crippen molar-refractivity contribution < 1.29 is 4.79 Å². The van der Waals surface area contributed by atoms with E-state index in [0.29, 0.717) is 10.0 Å². The fourth-order valence-corrected chi connectivity index (χ4v) is 1.39. The Hall–Kier alpha value is -0.550. The first-order chi connectivity index (χ1) is 4.68. The third-order valence-corrected chi connectivity index (χ3v) is 2.00. The van der Waals surface area contributed by atoms with E-state index in [1.807, 2.05) is 0 Å². The van der Waals surface area contributed by atoms with Gasteiger partial charge < -0.3 is 5.73 Å². The van der Waals surface area contributed by atoms with Gasteiger partial charge in [0.05, 0.1) is 12.1 Å². The number of hydrogen-bond acceptors (Lipinski definition) is 4. The van der Waals surface area contributed by atoms with Gasteiger partial charge in [-0.25, -0.2) is 4.98 Å². The number of rotatable bonds is 2. The van der Waals surface area contributed by atoms with E-state index in [1.54, 1.807) is 5.38 Å². The third kappa shape index (κ3) is 2.00. The molecule has 1 rings (SSSR count). The summed E-state index contributed by atoms with van der Waals surface area (Å²) in [5.74, 6) is -0.362. The molecule has 0 fully saturated rings. The number of carbonyl (C=O) groups excluding carboxylic acids is 1. The van der Waals surface area contributed by atoms with Crippen molar-refractivity contribution in [3.05, 3.63) is 11.1 Å². The van der Waals surface area contributed by atoms with Crippen LogP contribution in [-0.2, 0) is 11.2 Å². The smallest absolute Gasteiger partial charge is 0.223 e. The average molecular weight is 174 g/mol. The second-order valence-corrected chi connectivity index (χ2v) is 3.35. The van der Waals surface area contributed by atoms with Crippen LogP contribution in [0.15, 0.2) is 9.72 Å². The van der Waals surface area contributed by atoms with Crippen molar-refractivity contribution in [3.63, 3.8) is 0 Å². The molecule has 0 radical (unpaired) electrons. The summed E-state index contributed by atoms with van der Waals surface area (Å²) in [5, 5.41) is 1.77. The molecule has 5 heteroatoms. The van der Waals surface area contributed by atoms with Crippen LogP contribution >= 0.6 is 24.0 Å². The number of hydrogen-bond donors (Lipinski definition) is 2. The van der Waals surface area contributed by atoms with Gasteiger partial charge >= 0.3 is 0 Å². The minimum absolute atomic E-state index is 0.205. The van der Waals surface area contributed by atoms with Gasteiger partial charge in [-0.05, 0) is 0 Å². The van der Waals surface area contributed by atoms with Crippen LogP contribution < -0.4 is 5.73 Å². The second kappa shape index (κ2) is 3.03. The summed E-state index contributed by atoms with van der Waals surface area (Å²) in [6, 6.07) is 0. The largest absolute Gasteiger partial charge is 0.369 e. The van der Waals surface area contributed by atoms with Crippen LogP contribution in [0.25, 0.3) is 0 Å². The molecule has 0 unspecified atom stereocenters. The van der Waals surface area contributed by atoms with Crippen LogP contribution in [0.1, 0.15) is 5.69 Å². The van der Waals surface area contributed by atoms with Gasteiger partial charge in [-0.15, -0.1) is 24.0 Å². The Morgan fingerprint density at radius 3 is 3.00 bits per heavy atom. The van der Waals surface area contributed by atoms with Gasteiger partial charge in [0.25, 0.3) is 0 Å². The van der Waals surface area contributed by atoms with E-state index in [-0.39, 0.29) is 12.3 Å². The zero-order valence-corrected chi connectivity index (χ0v) is 6.78. The van der Waals surface area contributed by atoms with Gasteiger partial charge in [-0.1, -0.05) is 0 Å². The van der Waals surface area contributed by atoms with Crippen LogP contribution in [0.3, 0.4) is 0 Å². The second-order valence-electron chi connectivity index (χ2n) is 1.76. The predicted octanol–water partition coefficient (Wildman–Crippen LogP) is 0.460. The van der Waals surface area contributed by atoms with E-state index >= 15 is 0 Å². The van der Waals surface area contributed by atoms with Crippen molar-refractivity contribution in [2.24, 2.45) is 5.73 Å². The highest BCUT2D eigenvalue weighted by Gasteiger charge is 2.01. The standard InChI is InChI=1S/C5H6N2OS2/c6-4(8)1-3-2-10-5(9)7-3/h2H,1H2,(H2,6,8)(H,7,9). The molecule has 0 aliphatic carbocycles. The van der Waals surface area contributed by atoms with E-state index in [0.717, 1.165) is 0 Å². The van der Waals surface area contributed by atoms with Gasteiger partial charge in [0.15, 0.2) is 0 Å². The summed E-state index contributed by atoms with van der Waals surface area (Å²) in [7, 11) is 0. The number of primary amides is 1. The monoisotopic (exact) mass is 174 g/mol. The molecule has 0 atom stereocenters. The molecule has 10 heavy (non-hydrogen) atoms. The molecule has 1 amide bonds. The van der Waals surface area contributed by atoms with E-state index in [1.165, 1.54) is 11.3 Å². The molecule has 1 aromatic heterocycles. The maximum Gasteiger partial charge on any atom is 0.223 e. The van der Waals surface area contributed by atoms with Crippen LogP contribution in [0.4, 0.5) is 0 Å². The summed E-state index contributed by atoms with van der Waals surface area (Å²) in [6.45, 7) is 0. The minimum atomic E-state index is -0.362. The van der Waals surface area contributed by atoms with E-state index in [9.17, 15) is 4.79 Å². The van der Waals surface area contributed by atoms with E-state index < -0.39 is 0 Å². The molecule has 0 aromatic carbocycles. The third-order valence-electron chi connectivity index (χ3n) is 0.895. The number of nitrogens with zero attached hydrogens (tertiary/aromatic N) is 1. The molecule has 0 saturated carbocycles. The molecule has 1 aromatic rings. The lowest BCUT2D eigenvalue weighted by Crippen LogP contribution is -2.13. The number of nitrogens with two attached hydrogens (primary N) is 1. The maximum atomic E-state index is 10.3. The maximum absolute atomic E-state index is 10.3. The average Bonchev–Trinajstić information content (AvgIpc) is 2.13. The van der Waals surface area contributed by atoms with Crippen molar-refractivity contribution in [2.75, 3.05) is 0 Å². The molecule has 1 heterocycles. The van der Waals surface area contributed by atoms with Gasteiger partial charge in [0.1, 0.15) is 4.34 Å². The molecule has 54 valence electrons. The highest BCUT2D eigenvalue weighted by molar-refractivity contribution is 7.82. The molecule has 2 N–H and O–H groups in total. The summed E-state index contributed by atoms with van der Waals surface area (Å²) in [6.07, 6.45) is 0.205. The SMILES string of the molecule is NC(=O)Cc1csc(S)n1. The fourth-order valence-electron chi connectivity index (χ4n) is 0.556. The lowest BCUT2D eigenvalue weighted by Gasteiger charge is -1.86. The van der Waals surface area contributed by atoms with Crippen LogP contribution in [0, 0.1) is 0 Å². The van der Waals surface area contributed by atoms with Crippen LogP contribution in [0.2, 0.25) is 0 Å². The zero-order chi connectivity index (χ0) is 7.56. The van der Waals surface area contributed by atoms with Crippen LogP contribution in [0.5, 0.6) is 0 Å². The van der Waals surface area contributed by atoms with Crippen molar-refractivity contribution >= 4 is 29.9 Å². The lowest BCUT2D eigenvalue weighted by atomic mass is 10.3. The molecule has 0 bridgehead atoms. The molecular weight excluding hydrogens is 168 g/mol. The first-order valence-electron chi connectivity index (χ1n) is 2.60.